The molecule has 2 rings (SSSR count). The lowest BCUT2D eigenvalue weighted by atomic mass is 10.0. The average Bonchev–Trinajstić information content (AvgIpc) is 3.08. The highest BCUT2D eigenvalue weighted by Crippen LogP contribution is 2.14. The molecule has 0 saturated carbocycles. The van der Waals surface area contributed by atoms with Crippen molar-refractivity contribution in [1.29, 1.82) is 0 Å². The molecule has 6 heteroatoms. The fraction of sp³-hybridized carbons (Fsp3) is 0.333. The first-order valence-electron chi connectivity index (χ1n) is 7.72. The highest BCUT2D eigenvalue weighted by atomic mass is 79.9. The SMILES string of the molecule is CC(C)C(NC(=O)c1cccs1)C(=O)N(C)Cc1ccc(Br)cc1. The molecule has 0 bridgehead atoms. The van der Waals surface area contributed by atoms with Crippen LogP contribution in [-0.2, 0) is 11.3 Å². The zero-order valence-corrected chi connectivity index (χ0v) is 16.4. The average molecular weight is 409 g/mol. The van der Waals surface area contributed by atoms with Crippen molar-refractivity contribution in [2.24, 2.45) is 5.92 Å². The van der Waals surface area contributed by atoms with Crippen LogP contribution in [0.1, 0.15) is 29.1 Å². The molecule has 0 spiro atoms. The Morgan fingerprint density at radius 1 is 1.21 bits per heavy atom. The maximum Gasteiger partial charge on any atom is 0.262 e. The van der Waals surface area contributed by atoms with Crippen LogP contribution >= 0.6 is 27.3 Å². The van der Waals surface area contributed by atoms with E-state index in [4.69, 9.17) is 0 Å². The molecule has 0 fully saturated rings. The van der Waals surface area contributed by atoms with Crippen molar-refractivity contribution < 1.29 is 9.59 Å². The number of carbonyl (C=O) groups is 2. The van der Waals surface area contributed by atoms with Crippen molar-refractivity contribution >= 4 is 39.1 Å². The minimum Gasteiger partial charge on any atom is -0.340 e. The van der Waals surface area contributed by atoms with Crippen LogP contribution in [0.25, 0.3) is 0 Å². The molecule has 2 amide bonds. The minimum atomic E-state index is -0.542. The number of amides is 2. The fourth-order valence-electron chi connectivity index (χ4n) is 2.31. The van der Waals surface area contributed by atoms with Crippen molar-refractivity contribution in [3.8, 4) is 0 Å². The molecule has 0 radical (unpaired) electrons. The summed E-state index contributed by atoms with van der Waals surface area (Å²) in [5.74, 6) is -0.277. The molecular weight excluding hydrogens is 388 g/mol. The van der Waals surface area contributed by atoms with Crippen molar-refractivity contribution in [3.63, 3.8) is 0 Å². The number of hydrogen-bond acceptors (Lipinski definition) is 3. The first kappa shape index (κ1) is 18.7. The Morgan fingerprint density at radius 2 is 1.88 bits per heavy atom. The van der Waals surface area contributed by atoms with E-state index in [0.29, 0.717) is 11.4 Å². The van der Waals surface area contributed by atoms with Crippen LogP contribution in [0.4, 0.5) is 0 Å². The molecule has 1 heterocycles. The van der Waals surface area contributed by atoms with Crippen LogP contribution in [0.5, 0.6) is 0 Å². The van der Waals surface area contributed by atoms with Gasteiger partial charge in [-0.05, 0) is 35.1 Å². The number of benzene rings is 1. The maximum absolute atomic E-state index is 12.8. The zero-order valence-electron chi connectivity index (χ0n) is 14.0. The van der Waals surface area contributed by atoms with Gasteiger partial charge in [0.05, 0.1) is 4.88 Å². The van der Waals surface area contributed by atoms with Gasteiger partial charge < -0.3 is 10.2 Å². The molecule has 24 heavy (non-hydrogen) atoms. The molecule has 0 aliphatic heterocycles. The van der Waals surface area contributed by atoms with Gasteiger partial charge in [0.15, 0.2) is 0 Å². The quantitative estimate of drug-likeness (QED) is 0.786. The van der Waals surface area contributed by atoms with Gasteiger partial charge in [-0.3, -0.25) is 9.59 Å². The number of thiophene rings is 1. The molecule has 1 aromatic heterocycles. The van der Waals surface area contributed by atoms with Crippen molar-refractivity contribution in [2.75, 3.05) is 7.05 Å². The van der Waals surface area contributed by atoms with Gasteiger partial charge in [0.1, 0.15) is 6.04 Å². The van der Waals surface area contributed by atoms with Gasteiger partial charge in [0.2, 0.25) is 5.91 Å². The van der Waals surface area contributed by atoms with E-state index in [1.165, 1.54) is 11.3 Å². The summed E-state index contributed by atoms with van der Waals surface area (Å²) in [6, 6.07) is 10.9. The molecular formula is C18H21BrN2O2S. The molecule has 4 nitrogen and oxygen atoms in total. The van der Waals surface area contributed by atoms with Crippen LogP contribution in [0.3, 0.4) is 0 Å². The Hall–Kier alpha value is -1.66. The molecule has 0 aliphatic rings. The van der Waals surface area contributed by atoms with Gasteiger partial charge in [0.25, 0.3) is 5.91 Å². The first-order chi connectivity index (χ1) is 11.4. The lowest BCUT2D eigenvalue weighted by molar-refractivity contribution is -0.133. The minimum absolute atomic E-state index is 0.00813. The van der Waals surface area contributed by atoms with E-state index in [2.05, 4.69) is 21.2 Å². The molecule has 128 valence electrons. The number of rotatable bonds is 6. The fourth-order valence-corrected chi connectivity index (χ4v) is 3.20. The summed E-state index contributed by atoms with van der Waals surface area (Å²) in [4.78, 5) is 27.3. The summed E-state index contributed by atoms with van der Waals surface area (Å²) < 4.78 is 1.00. The highest BCUT2D eigenvalue weighted by Gasteiger charge is 2.27. The highest BCUT2D eigenvalue weighted by molar-refractivity contribution is 9.10. The third-order valence-corrected chi connectivity index (χ3v) is 5.07. The van der Waals surface area contributed by atoms with Gasteiger partial charge in [-0.15, -0.1) is 11.3 Å². The molecule has 1 N–H and O–H groups in total. The Labute approximate surface area is 155 Å². The van der Waals surface area contributed by atoms with Gasteiger partial charge >= 0.3 is 0 Å². The maximum atomic E-state index is 12.8. The van der Waals surface area contributed by atoms with E-state index in [1.807, 2.05) is 49.6 Å². The van der Waals surface area contributed by atoms with Gasteiger partial charge in [-0.2, -0.15) is 0 Å². The van der Waals surface area contributed by atoms with Gasteiger partial charge in [-0.25, -0.2) is 0 Å². The molecule has 0 saturated heterocycles. The van der Waals surface area contributed by atoms with Crippen LogP contribution in [0.2, 0.25) is 0 Å². The monoisotopic (exact) mass is 408 g/mol. The summed E-state index contributed by atoms with van der Waals surface area (Å²) >= 11 is 4.77. The third kappa shape index (κ3) is 4.92. The zero-order chi connectivity index (χ0) is 17.7. The second-order valence-electron chi connectivity index (χ2n) is 5.99. The van der Waals surface area contributed by atoms with Crippen LogP contribution in [0, 0.1) is 5.92 Å². The Balaban J connectivity index is 2.04. The molecule has 2 aromatic rings. The topological polar surface area (TPSA) is 49.4 Å². The van der Waals surface area contributed by atoms with Gasteiger partial charge in [0, 0.05) is 18.1 Å². The predicted octanol–water partition coefficient (Wildman–Crippen LogP) is 3.92. The van der Waals surface area contributed by atoms with Gasteiger partial charge in [-0.1, -0.05) is 48.0 Å². The van der Waals surface area contributed by atoms with E-state index in [9.17, 15) is 9.59 Å². The van der Waals surface area contributed by atoms with Crippen molar-refractivity contribution in [3.05, 3.63) is 56.7 Å². The number of nitrogens with one attached hydrogen (secondary N) is 1. The smallest absolute Gasteiger partial charge is 0.262 e. The van der Waals surface area contributed by atoms with Crippen molar-refractivity contribution in [1.82, 2.24) is 10.2 Å². The lowest BCUT2D eigenvalue weighted by Crippen LogP contribution is -2.49. The Morgan fingerprint density at radius 3 is 2.42 bits per heavy atom. The summed E-state index contributed by atoms with van der Waals surface area (Å²) in [7, 11) is 1.76. The predicted molar refractivity (Wildman–Crippen MR) is 101 cm³/mol. The normalized spacial score (nSPS) is 12.0. The van der Waals surface area contributed by atoms with Crippen LogP contribution < -0.4 is 5.32 Å². The van der Waals surface area contributed by atoms with E-state index in [0.717, 1.165) is 10.0 Å². The number of nitrogens with zero attached hydrogens (tertiary/aromatic N) is 1. The largest absolute Gasteiger partial charge is 0.340 e. The number of hydrogen-bond donors (Lipinski definition) is 1. The second-order valence-corrected chi connectivity index (χ2v) is 7.86. The van der Waals surface area contributed by atoms with Crippen LogP contribution in [0.15, 0.2) is 46.3 Å². The number of carbonyl (C=O) groups excluding carboxylic acids is 2. The summed E-state index contributed by atoms with van der Waals surface area (Å²) in [6.07, 6.45) is 0. The lowest BCUT2D eigenvalue weighted by Gasteiger charge is -2.27. The third-order valence-electron chi connectivity index (χ3n) is 3.67. The van der Waals surface area contributed by atoms with E-state index in [1.54, 1.807) is 18.0 Å². The first-order valence-corrected chi connectivity index (χ1v) is 9.39. The molecule has 0 aliphatic carbocycles. The molecule has 1 atom stereocenters. The summed E-state index contributed by atoms with van der Waals surface area (Å²) in [5, 5.41) is 4.72. The second kappa shape index (κ2) is 8.44. The van der Waals surface area contributed by atoms with E-state index < -0.39 is 6.04 Å². The molecule has 1 unspecified atom stereocenters. The Kier molecular flexibility index (Phi) is 6.57. The summed E-state index contributed by atoms with van der Waals surface area (Å²) in [5.41, 5.74) is 1.04. The number of halogens is 1. The Bertz CT molecular complexity index is 684. The van der Waals surface area contributed by atoms with Crippen LogP contribution in [-0.4, -0.2) is 29.8 Å². The van der Waals surface area contributed by atoms with E-state index >= 15 is 0 Å². The standard InChI is InChI=1S/C18H21BrN2O2S/c1-12(2)16(20-17(22)15-5-4-10-24-15)18(23)21(3)11-13-6-8-14(19)9-7-13/h4-10,12,16H,11H2,1-3H3,(H,20,22). The van der Waals surface area contributed by atoms with E-state index in [-0.39, 0.29) is 17.7 Å². The number of likely N-dealkylation sites (N-methyl/N-ethyl adjacent to an activating group) is 1. The summed E-state index contributed by atoms with van der Waals surface area (Å²) in [6.45, 7) is 4.37. The molecule has 1 aromatic carbocycles. The van der Waals surface area contributed by atoms with Crippen molar-refractivity contribution in [2.45, 2.75) is 26.4 Å².